The van der Waals surface area contributed by atoms with E-state index in [1.165, 1.54) is 46.8 Å². The van der Waals surface area contributed by atoms with E-state index in [1.54, 1.807) is 0 Å². The van der Waals surface area contributed by atoms with E-state index in [0.29, 0.717) is 5.92 Å². The average Bonchev–Trinajstić information content (AvgIpc) is 3.43. The molecule has 245 valence electrons. The Balaban J connectivity index is 0.000000224. The minimum absolute atomic E-state index is 0. The van der Waals surface area contributed by atoms with E-state index in [2.05, 4.69) is 135 Å². The van der Waals surface area contributed by atoms with Crippen LogP contribution in [0, 0.1) is 32.9 Å². The van der Waals surface area contributed by atoms with Crippen molar-refractivity contribution in [2.24, 2.45) is 0 Å². The standard InChI is InChI=1S/C28H25N2S.C14H16GeN.Ir/c1-16(2)25-14-26(29-15-17(25)3)20-9-10-23-24-8-6-7-22(28(24)31-27(23)13-20)21-11-18(4)30-19(5)12-21;1-15(2,3)13-9-10-14(16-11-13)12-7-5-4-6-8-12;/h6-8,10-16H,1-5H3;4-7,9-11H,1-3H3;/q2*-1;. The van der Waals surface area contributed by atoms with Gasteiger partial charge in [-0.2, -0.15) is 11.3 Å². The van der Waals surface area contributed by atoms with Crippen LogP contribution in [0.15, 0.2) is 97.3 Å². The molecule has 4 heterocycles. The van der Waals surface area contributed by atoms with Crippen LogP contribution in [0.2, 0.25) is 17.3 Å². The number of nitrogens with zero attached hydrogens (tertiary/aromatic N) is 3. The maximum atomic E-state index is 4.70. The molecule has 7 rings (SSSR count). The monoisotopic (exact) mass is 886 g/mol. The SMILES string of the molecule is Cc1cc(-c2cccc3c2sc2cc(-c4cc(C(C)C)c(C)cn4)[c-]cc23)cc(C)n1.[CH3][Ge]([CH3])([CH3])[c]1ccc(-c2[c-]cccc2)nc1.[Ir]. The second-order valence-corrected chi connectivity index (χ2v) is 25.3. The molecule has 3 aromatic carbocycles. The number of aryl methyl sites for hydroxylation is 3. The molecule has 3 nitrogen and oxygen atoms in total. The molecule has 7 aromatic rings. The summed E-state index contributed by atoms with van der Waals surface area (Å²) < 4.78 is 4.03. The van der Waals surface area contributed by atoms with Crippen molar-refractivity contribution in [2.45, 2.75) is 57.8 Å². The summed E-state index contributed by atoms with van der Waals surface area (Å²) in [6, 6.07) is 36.5. The molecule has 0 unspecified atom stereocenters. The Morgan fingerprint density at radius 1 is 0.729 bits per heavy atom. The van der Waals surface area contributed by atoms with Gasteiger partial charge in [0.05, 0.1) is 0 Å². The van der Waals surface area contributed by atoms with Crippen molar-refractivity contribution in [3.63, 3.8) is 0 Å². The van der Waals surface area contributed by atoms with Crippen LogP contribution in [0.25, 0.3) is 53.8 Å². The van der Waals surface area contributed by atoms with Gasteiger partial charge in [0.15, 0.2) is 0 Å². The maximum Gasteiger partial charge on any atom is 0 e. The molecule has 0 bridgehead atoms. The predicted octanol–water partition coefficient (Wildman–Crippen LogP) is 11.1. The first-order valence-corrected chi connectivity index (χ1v) is 24.4. The van der Waals surface area contributed by atoms with Gasteiger partial charge in [0, 0.05) is 42.4 Å². The van der Waals surface area contributed by atoms with Gasteiger partial charge in [0.25, 0.3) is 0 Å². The van der Waals surface area contributed by atoms with Gasteiger partial charge in [-0.25, -0.2) is 0 Å². The molecular formula is C42H41GeIrN3S-2. The van der Waals surface area contributed by atoms with Crippen LogP contribution in [-0.2, 0) is 20.1 Å². The molecule has 1 radical (unpaired) electrons. The Kier molecular flexibility index (Phi) is 11.2. The molecule has 0 aliphatic rings. The minimum atomic E-state index is -1.72. The van der Waals surface area contributed by atoms with Crippen molar-refractivity contribution in [3.8, 4) is 33.6 Å². The van der Waals surface area contributed by atoms with Crippen molar-refractivity contribution >= 4 is 49.2 Å². The van der Waals surface area contributed by atoms with Gasteiger partial charge in [-0.1, -0.05) is 43.5 Å². The number of fused-ring (bicyclic) bond motifs is 3. The quantitative estimate of drug-likeness (QED) is 0.128. The molecule has 0 N–H and O–H groups in total. The van der Waals surface area contributed by atoms with E-state index in [4.69, 9.17) is 4.98 Å². The number of pyridine rings is 3. The summed E-state index contributed by atoms with van der Waals surface area (Å²) in [4.78, 5) is 13.8. The van der Waals surface area contributed by atoms with Crippen LogP contribution < -0.4 is 4.40 Å². The van der Waals surface area contributed by atoms with Gasteiger partial charge in [0.2, 0.25) is 0 Å². The zero-order chi connectivity index (χ0) is 33.3. The zero-order valence-corrected chi connectivity index (χ0v) is 34.2. The second kappa shape index (κ2) is 15.0. The zero-order valence-electron chi connectivity index (χ0n) is 28.9. The summed E-state index contributed by atoms with van der Waals surface area (Å²) in [6.45, 7) is 10.7. The molecule has 0 saturated heterocycles. The first-order chi connectivity index (χ1) is 22.5. The predicted molar refractivity (Wildman–Crippen MR) is 204 cm³/mol. The van der Waals surface area contributed by atoms with E-state index in [0.717, 1.165) is 33.9 Å². The smallest absolute Gasteiger partial charge is 0 e. The third kappa shape index (κ3) is 7.87. The average molecular weight is 885 g/mol. The molecule has 0 amide bonds. The number of thiophene rings is 1. The van der Waals surface area contributed by atoms with Crippen LogP contribution in [-0.4, -0.2) is 28.2 Å². The van der Waals surface area contributed by atoms with Crippen LogP contribution in [0.5, 0.6) is 0 Å². The second-order valence-electron chi connectivity index (χ2n) is 13.6. The molecular weight excluding hydrogens is 843 g/mol. The normalized spacial score (nSPS) is 11.4. The molecule has 4 aromatic heterocycles. The van der Waals surface area contributed by atoms with Crippen LogP contribution >= 0.6 is 11.3 Å². The molecule has 0 atom stereocenters. The largest absolute Gasteiger partial charge is 0 e. The van der Waals surface area contributed by atoms with Crippen molar-refractivity contribution in [1.29, 1.82) is 0 Å². The van der Waals surface area contributed by atoms with Crippen molar-refractivity contribution in [2.75, 3.05) is 0 Å². The maximum absolute atomic E-state index is 4.70. The molecule has 0 aliphatic carbocycles. The van der Waals surface area contributed by atoms with E-state index >= 15 is 0 Å². The van der Waals surface area contributed by atoms with Crippen LogP contribution in [0.1, 0.15) is 42.3 Å². The topological polar surface area (TPSA) is 38.7 Å². The third-order valence-electron chi connectivity index (χ3n) is 8.48. The van der Waals surface area contributed by atoms with Crippen LogP contribution in [0.3, 0.4) is 0 Å². The number of hydrogen-bond donors (Lipinski definition) is 0. The first kappa shape index (κ1) is 35.8. The Hall–Kier alpha value is -3.48. The first-order valence-electron chi connectivity index (χ1n) is 16.2. The van der Waals surface area contributed by atoms with E-state index < -0.39 is 13.3 Å². The minimum Gasteiger partial charge on any atom is 0 e. The Labute approximate surface area is 305 Å². The van der Waals surface area contributed by atoms with Gasteiger partial charge in [0.1, 0.15) is 0 Å². The number of hydrogen-bond acceptors (Lipinski definition) is 4. The Morgan fingerprint density at radius 3 is 2.12 bits per heavy atom. The summed E-state index contributed by atoms with van der Waals surface area (Å²) in [5.74, 6) is 7.62. The van der Waals surface area contributed by atoms with Gasteiger partial charge < -0.3 is 4.98 Å². The number of rotatable bonds is 5. The van der Waals surface area contributed by atoms with E-state index in [1.807, 2.05) is 48.0 Å². The summed E-state index contributed by atoms with van der Waals surface area (Å²) in [5, 5.41) is 2.54. The van der Waals surface area contributed by atoms with Gasteiger partial charge in [-0.3, -0.25) is 4.98 Å². The molecule has 0 fully saturated rings. The summed E-state index contributed by atoms with van der Waals surface area (Å²) in [5.41, 5.74) is 11.3. The van der Waals surface area contributed by atoms with E-state index in [-0.39, 0.29) is 20.1 Å². The van der Waals surface area contributed by atoms with Crippen LogP contribution in [0.4, 0.5) is 0 Å². The Bertz CT molecular complexity index is 2160. The molecule has 0 aliphatic heterocycles. The summed E-state index contributed by atoms with van der Waals surface area (Å²) >= 11 is 0.133. The number of aromatic nitrogens is 3. The fourth-order valence-electron chi connectivity index (χ4n) is 5.96. The van der Waals surface area contributed by atoms with Crippen molar-refractivity contribution in [1.82, 2.24) is 15.0 Å². The summed E-state index contributed by atoms with van der Waals surface area (Å²) in [7, 11) is 0. The molecule has 0 spiro atoms. The van der Waals surface area contributed by atoms with Gasteiger partial charge in [-0.05, 0) is 76.9 Å². The fraction of sp³-hybridized carbons (Fsp3) is 0.214. The van der Waals surface area contributed by atoms with E-state index in [9.17, 15) is 0 Å². The van der Waals surface area contributed by atoms with Gasteiger partial charge >= 0.3 is 99.8 Å². The van der Waals surface area contributed by atoms with Crippen molar-refractivity contribution in [3.05, 3.63) is 132 Å². The molecule has 0 saturated carbocycles. The number of benzene rings is 3. The molecule has 48 heavy (non-hydrogen) atoms. The Morgan fingerprint density at radius 2 is 1.48 bits per heavy atom. The fourth-order valence-corrected chi connectivity index (χ4v) is 9.39. The summed E-state index contributed by atoms with van der Waals surface area (Å²) in [6.07, 6.45) is 4.02. The van der Waals surface area contributed by atoms with Gasteiger partial charge in [-0.15, -0.1) is 23.8 Å². The van der Waals surface area contributed by atoms with Crippen molar-refractivity contribution < 1.29 is 20.1 Å². The third-order valence-corrected chi connectivity index (χ3v) is 13.9. The molecule has 6 heteroatoms.